The molecule has 30 heavy (non-hydrogen) atoms. The van der Waals surface area contributed by atoms with Crippen LogP contribution in [0.15, 0.2) is 53.0 Å². The molecule has 1 unspecified atom stereocenters. The highest BCUT2D eigenvalue weighted by Crippen LogP contribution is 2.26. The molecule has 0 saturated heterocycles. The molecule has 0 saturated carbocycles. The first-order chi connectivity index (χ1) is 14.5. The lowest BCUT2D eigenvalue weighted by atomic mass is 10.1. The van der Waals surface area contributed by atoms with E-state index in [0.717, 1.165) is 22.9 Å². The maximum atomic E-state index is 13.0. The van der Waals surface area contributed by atoms with E-state index in [1.807, 2.05) is 36.4 Å². The van der Waals surface area contributed by atoms with Crippen LogP contribution < -0.4 is 14.8 Å². The third kappa shape index (κ3) is 7.06. The van der Waals surface area contributed by atoms with E-state index < -0.39 is 6.04 Å². The number of para-hydroxylation sites is 2. The maximum absolute atomic E-state index is 13.0. The van der Waals surface area contributed by atoms with Crippen molar-refractivity contribution in [2.24, 2.45) is 0 Å². The number of unbranched alkanes of at least 4 members (excludes halogenated alkanes) is 1. The van der Waals surface area contributed by atoms with Crippen LogP contribution in [-0.2, 0) is 16.1 Å². The van der Waals surface area contributed by atoms with Crippen LogP contribution in [0.25, 0.3) is 0 Å². The Labute approximate surface area is 186 Å². The van der Waals surface area contributed by atoms with Gasteiger partial charge in [-0.3, -0.25) is 9.59 Å². The SMILES string of the molecule is CCCCNC(=O)C(C)N(Cc1cccc(Br)c1)C(=O)COc1ccccc1OC. The predicted molar refractivity (Wildman–Crippen MR) is 121 cm³/mol. The number of nitrogens with one attached hydrogen (secondary N) is 1. The number of carbonyl (C=O) groups is 2. The van der Waals surface area contributed by atoms with Gasteiger partial charge in [-0.1, -0.05) is 53.5 Å². The van der Waals surface area contributed by atoms with Crippen molar-refractivity contribution < 1.29 is 19.1 Å². The van der Waals surface area contributed by atoms with Gasteiger partial charge in [0.1, 0.15) is 6.04 Å². The van der Waals surface area contributed by atoms with Gasteiger partial charge in [-0.2, -0.15) is 0 Å². The fraction of sp³-hybridized carbons (Fsp3) is 0.391. The zero-order chi connectivity index (χ0) is 21.9. The molecule has 1 atom stereocenters. The second kappa shape index (κ2) is 12.2. The fourth-order valence-electron chi connectivity index (χ4n) is 2.91. The van der Waals surface area contributed by atoms with E-state index in [2.05, 4.69) is 28.2 Å². The van der Waals surface area contributed by atoms with Gasteiger partial charge in [0.25, 0.3) is 5.91 Å². The Morgan fingerprint density at radius 1 is 1.13 bits per heavy atom. The number of hydrogen-bond donors (Lipinski definition) is 1. The van der Waals surface area contributed by atoms with Gasteiger partial charge in [-0.05, 0) is 43.2 Å². The Bertz CT molecular complexity index is 843. The minimum absolute atomic E-state index is 0.177. The summed E-state index contributed by atoms with van der Waals surface area (Å²) in [6.45, 7) is 4.50. The monoisotopic (exact) mass is 476 g/mol. The summed E-state index contributed by atoms with van der Waals surface area (Å²) >= 11 is 3.45. The highest BCUT2D eigenvalue weighted by Gasteiger charge is 2.26. The normalized spacial score (nSPS) is 11.5. The number of nitrogens with zero attached hydrogens (tertiary/aromatic N) is 1. The van der Waals surface area contributed by atoms with Gasteiger partial charge in [0.15, 0.2) is 18.1 Å². The Hall–Kier alpha value is -2.54. The second-order valence-electron chi connectivity index (χ2n) is 6.91. The van der Waals surface area contributed by atoms with Crippen molar-refractivity contribution in [1.29, 1.82) is 0 Å². The van der Waals surface area contributed by atoms with Gasteiger partial charge in [-0.25, -0.2) is 0 Å². The summed E-state index contributed by atoms with van der Waals surface area (Å²) in [7, 11) is 1.55. The van der Waals surface area contributed by atoms with Crippen molar-refractivity contribution in [3.8, 4) is 11.5 Å². The van der Waals surface area contributed by atoms with E-state index in [4.69, 9.17) is 9.47 Å². The Kier molecular flexibility index (Phi) is 9.67. The van der Waals surface area contributed by atoms with Crippen LogP contribution in [0.5, 0.6) is 11.5 Å². The summed E-state index contributed by atoms with van der Waals surface area (Å²) in [5.74, 6) is 0.577. The largest absolute Gasteiger partial charge is 0.493 e. The molecule has 0 heterocycles. The minimum atomic E-state index is -0.630. The lowest BCUT2D eigenvalue weighted by molar-refractivity contribution is -0.142. The number of rotatable bonds is 11. The molecule has 2 amide bonds. The number of methoxy groups -OCH3 is 1. The lowest BCUT2D eigenvalue weighted by Gasteiger charge is -2.29. The van der Waals surface area contributed by atoms with Crippen molar-refractivity contribution in [2.45, 2.75) is 39.3 Å². The van der Waals surface area contributed by atoms with Crippen LogP contribution in [0.3, 0.4) is 0 Å². The van der Waals surface area contributed by atoms with Gasteiger partial charge in [0, 0.05) is 17.6 Å². The third-order valence-corrected chi connectivity index (χ3v) is 5.15. The zero-order valence-corrected chi connectivity index (χ0v) is 19.3. The molecule has 0 aliphatic rings. The second-order valence-corrected chi connectivity index (χ2v) is 7.83. The van der Waals surface area contributed by atoms with Crippen molar-refractivity contribution >= 4 is 27.7 Å². The zero-order valence-electron chi connectivity index (χ0n) is 17.7. The summed E-state index contributed by atoms with van der Waals surface area (Å²) in [5, 5.41) is 2.90. The summed E-state index contributed by atoms with van der Waals surface area (Å²) in [6, 6.07) is 14.2. The van der Waals surface area contributed by atoms with E-state index in [1.165, 1.54) is 0 Å². The molecule has 6 nitrogen and oxygen atoms in total. The molecule has 0 aliphatic heterocycles. The van der Waals surface area contributed by atoms with Crippen LogP contribution in [-0.4, -0.2) is 43.0 Å². The number of halogens is 1. The first-order valence-corrected chi connectivity index (χ1v) is 10.8. The molecular weight excluding hydrogens is 448 g/mol. The number of carbonyl (C=O) groups excluding carboxylic acids is 2. The first-order valence-electron chi connectivity index (χ1n) is 10.0. The molecule has 0 aliphatic carbocycles. The van der Waals surface area contributed by atoms with E-state index in [1.54, 1.807) is 31.1 Å². The van der Waals surface area contributed by atoms with Gasteiger partial charge in [-0.15, -0.1) is 0 Å². The molecule has 0 spiro atoms. The lowest BCUT2D eigenvalue weighted by Crippen LogP contribution is -2.49. The van der Waals surface area contributed by atoms with E-state index >= 15 is 0 Å². The summed E-state index contributed by atoms with van der Waals surface area (Å²) in [5.41, 5.74) is 0.920. The molecule has 162 valence electrons. The average molecular weight is 477 g/mol. The van der Waals surface area contributed by atoms with E-state index in [9.17, 15) is 9.59 Å². The predicted octanol–water partition coefficient (Wildman–Crippen LogP) is 4.17. The van der Waals surface area contributed by atoms with Gasteiger partial charge in [0.2, 0.25) is 5.91 Å². The van der Waals surface area contributed by atoms with Crippen molar-refractivity contribution in [1.82, 2.24) is 10.2 Å². The Morgan fingerprint density at radius 3 is 2.53 bits per heavy atom. The Morgan fingerprint density at radius 2 is 1.87 bits per heavy atom. The van der Waals surface area contributed by atoms with E-state index in [-0.39, 0.29) is 18.4 Å². The highest BCUT2D eigenvalue weighted by atomic mass is 79.9. The van der Waals surface area contributed by atoms with Crippen molar-refractivity contribution in [3.63, 3.8) is 0 Å². The van der Waals surface area contributed by atoms with Crippen LogP contribution in [0, 0.1) is 0 Å². The molecule has 7 heteroatoms. The maximum Gasteiger partial charge on any atom is 0.261 e. The molecule has 0 fully saturated rings. The molecular formula is C23H29BrN2O4. The number of ether oxygens (including phenoxy) is 2. The number of amides is 2. The molecule has 0 bridgehead atoms. The quantitative estimate of drug-likeness (QED) is 0.494. The van der Waals surface area contributed by atoms with Crippen LogP contribution in [0.1, 0.15) is 32.3 Å². The van der Waals surface area contributed by atoms with Crippen molar-refractivity contribution in [3.05, 3.63) is 58.6 Å². The minimum Gasteiger partial charge on any atom is -0.493 e. The fourth-order valence-corrected chi connectivity index (χ4v) is 3.36. The topological polar surface area (TPSA) is 67.9 Å². The first kappa shape index (κ1) is 23.7. The molecule has 1 N–H and O–H groups in total. The van der Waals surface area contributed by atoms with Gasteiger partial charge < -0.3 is 19.7 Å². The number of benzene rings is 2. The average Bonchev–Trinajstić information content (AvgIpc) is 2.75. The molecule has 2 aromatic rings. The van der Waals surface area contributed by atoms with Crippen LogP contribution >= 0.6 is 15.9 Å². The Balaban J connectivity index is 2.14. The summed E-state index contributed by atoms with van der Waals surface area (Å²) in [4.78, 5) is 27.2. The van der Waals surface area contributed by atoms with Gasteiger partial charge >= 0.3 is 0 Å². The standard InChI is InChI=1S/C23H29BrN2O4/c1-4-5-13-25-23(28)17(2)26(15-18-9-8-10-19(24)14-18)22(27)16-30-21-12-7-6-11-20(21)29-3/h6-12,14,17H,4-5,13,15-16H2,1-3H3,(H,25,28). The van der Waals surface area contributed by atoms with Crippen molar-refractivity contribution in [2.75, 3.05) is 20.3 Å². The van der Waals surface area contributed by atoms with E-state index in [0.29, 0.717) is 24.6 Å². The number of hydrogen-bond acceptors (Lipinski definition) is 4. The molecule has 2 aromatic carbocycles. The third-order valence-electron chi connectivity index (χ3n) is 4.66. The molecule has 2 rings (SSSR count). The summed E-state index contributed by atoms with van der Waals surface area (Å²) < 4.78 is 11.9. The van der Waals surface area contributed by atoms with Crippen LogP contribution in [0.2, 0.25) is 0 Å². The smallest absolute Gasteiger partial charge is 0.261 e. The highest BCUT2D eigenvalue weighted by molar-refractivity contribution is 9.10. The van der Waals surface area contributed by atoms with Gasteiger partial charge in [0.05, 0.1) is 7.11 Å². The molecule has 0 radical (unpaired) electrons. The summed E-state index contributed by atoms with van der Waals surface area (Å²) in [6.07, 6.45) is 1.89. The molecule has 0 aromatic heterocycles. The van der Waals surface area contributed by atoms with Crippen LogP contribution in [0.4, 0.5) is 0 Å².